The van der Waals surface area contributed by atoms with Gasteiger partial charge in [-0.05, 0) is 37.3 Å². The fourth-order valence-corrected chi connectivity index (χ4v) is 3.88. The smallest absolute Gasteiger partial charge is 0.350 e. The Morgan fingerprint density at radius 3 is 2.67 bits per heavy atom. The van der Waals surface area contributed by atoms with Gasteiger partial charge in [-0.15, -0.1) is 11.3 Å². The number of fused-ring (bicyclic) bond motifs is 1. The monoisotopic (exact) mass is 405 g/mol. The van der Waals surface area contributed by atoms with Crippen molar-refractivity contribution in [2.75, 3.05) is 11.9 Å². The van der Waals surface area contributed by atoms with Crippen molar-refractivity contribution >= 4 is 56.4 Å². The first-order valence-corrected chi connectivity index (χ1v) is 9.00. The Morgan fingerprint density at radius 1 is 1.19 bits per heavy atom. The molecule has 0 bridgehead atoms. The lowest BCUT2D eigenvalue weighted by molar-refractivity contribution is -0.119. The first-order chi connectivity index (χ1) is 12.9. The second-order valence-corrected chi connectivity index (χ2v) is 7.04. The van der Waals surface area contributed by atoms with Crippen molar-refractivity contribution in [3.8, 4) is 0 Å². The van der Waals surface area contributed by atoms with Gasteiger partial charge in [-0.25, -0.2) is 9.18 Å². The van der Waals surface area contributed by atoms with E-state index in [2.05, 4.69) is 5.32 Å². The fourth-order valence-electron chi connectivity index (χ4n) is 2.45. The van der Waals surface area contributed by atoms with Gasteiger partial charge in [0.25, 0.3) is 5.91 Å². The molecule has 1 N–H and O–H groups in total. The van der Waals surface area contributed by atoms with Crippen LogP contribution in [-0.4, -0.2) is 24.3 Å². The number of ketones is 1. The molecule has 0 fully saturated rings. The average molecular weight is 406 g/mol. The Bertz CT molecular complexity index is 1060. The number of nitrogens with one attached hydrogen (secondary N) is 1. The average Bonchev–Trinajstić information content (AvgIpc) is 2.96. The van der Waals surface area contributed by atoms with Gasteiger partial charge in [-0.1, -0.05) is 23.7 Å². The number of carbonyl (C=O) groups is 3. The third-order valence-corrected chi connectivity index (χ3v) is 5.33. The lowest BCUT2D eigenvalue weighted by Crippen LogP contribution is -2.21. The summed E-state index contributed by atoms with van der Waals surface area (Å²) in [6.45, 7) is 0.835. The molecule has 3 aromatic rings. The second-order valence-electron chi connectivity index (χ2n) is 5.61. The van der Waals surface area contributed by atoms with E-state index in [0.717, 1.165) is 11.3 Å². The summed E-state index contributed by atoms with van der Waals surface area (Å²) in [6, 6.07) is 10.5. The molecule has 2 aromatic carbocycles. The molecular formula is C19H13ClFNO4S. The number of hydrogen-bond acceptors (Lipinski definition) is 5. The largest absolute Gasteiger partial charge is 0.451 e. The summed E-state index contributed by atoms with van der Waals surface area (Å²) in [5, 5.41) is 3.22. The summed E-state index contributed by atoms with van der Waals surface area (Å²) in [4.78, 5) is 35.9. The first kappa shape index (κ1) is 19.0. The lowest BCUT2D eigenvalue weighted by Gasteiger charge is -2.09. The van der Waals surface area contributed by atoms with Gasteiger partial charge >= 0.3 is 5.97 Å². The molecule has 8 heteroatoms. The molecular weight excluding hydrogens is 393 g/mol. The van der Waals surface area contributed by atoms with Crippen LogP contribution in [0.15, 0.2) is 42.5 Å². The van der Waals surface area contributed by atoms with Crippen LogP contribution >= 0.6 is 22.9 Å². The summed E-state index contributed by atoms with van der Waals surface area (Å²) < 4.78 is 18.8. The third kappa shape index (κ3) is 4.15. The molecule has 1 aromatic heterocycles. The number of Topliss-reactive ketones (excluding diaryl/α,β-unsaturated/α-hetero) is 1. The maximum atomic E-state index is 13.3. The summed E-state index contributed by atoms with van der Waals surface area (Å²) in [7, 11) is 0. The van der Waals surface area contributed by atoms with E-state index >= 15 is 0 Å². The number of ether oxygens (including phenoxy) is 1. The Kier molecular flexibility index (Phi) is 5.53. The topological polar surface area (TPSA) is 72.5 Å². The van der Waals surface area contributed by atoms with E-state index < -0.39 is 24.3 Å². The van der Waals surface area contributed by atoms with Crippen LogP contribution in [-0.2, 0) is 9.53 Å². The van der Waals surface area contributed by atoms with Crippen molar-refractivity contribution in [1.29, 1.82) is 0 Å². The molecule has 0 spiro atoms. The summed E-state index contributed by atoms with van der Waals surface area (Å²) in [6.07, 6.45) is 0. The molecule has 0 radical (unpaired) electrons. The van der Waals surface area contributed by atoms with Crippen molar-refractivity contribution in [3.05, 3.63) is 63.7 Å². The molecule has 1 amide bonds. The summed E-state index contributed by atoms with van der Waals surface area (Å²) in [5.74, 6) is -2.02. The Morgan fingerprint density at radius 2 is 1.93 bits per heavy atom. The lowest BCUT2D eigenvalue weighted by atomic mass is 10.1. The number of para-hydroxylation sites is 1. The van der Waals surface area contributed by atoms with Gasteiger partial charge in [-0.2, -0.15) is 0 Å². The number of anilines is 1. The van der Waals surface area contributed by atoms with Gasteiger partial charge in [0.1, 0.15) is 10.7 Å². The highest BCUT2D eigenvalue weighted by Gasteiger charge is 2.20. The number of halogens is 2. The Balaban J connectivity index is 1.68. The van der Waals surface area contributed by atoms with E-state index in [4.69, 9.17) is 16.3 Å². The van der Waals surface area contributed by atoms with Crippen molar-refractivity contribution in [1.82, 2.24) is 0 Å². The van der Waals surface area contributed by atoms with Gasteiger partial charge in [0.05, 0.1) is 10.7 Å². The molecule has 27 heavy (non-hydrogen) atoms. The highest BCUT2D eigenvalue weighted by Crippen LogP contribution is 2.36. The van der Waals surface area contributed by atoms with E-state index in [1.54, 1.807) is 24.3 Å². The Labute approximate surface area is 162 Å². The molecule has 138 valence electrons. The molecule has 0 saturated heterocycles. The maximum absolute atomic E-state index is 13.3. The highest BCUT2D eigenvalue weighted by molar-refractivity contribution is 7.21. The van der Waals surface area contributed by atoms with Crippen molar-refractivity contribution in [3.63, 3.8) is 0 Å². The number of amides is 1. The quantitative estimate of drug-likeness (QED) is 0.493. The van der Waals surface area contributed by atoms with Crippen LogP contribution in [0.25, 0.3) is 10.1 Å². The maximum Gasteiger partial charge on any atom is 0.350 e. The summed E-state index contributed by atoms with van der Waals surface area (Å²) >= 11 is 7.14. The van der Waals surface area contributed by atoms with Gasteiger partial charge in [0, 0.05) is 15.6 Å². The minimum absolute atomic E-state index is 0.0919. The SMILES string of the molecule is CC(=O)c1ccccc1NC(=O)COC(=O)c1sc2cc(F)ccc2c1Cl. The molecule has 0 saturated carbocycles. The third-order valence-electron chi connectivity index (χ3n) is 3.69. The number of hydrogen-bond donors (Lipinski definition) is 1. The normalized spacial score (nSPS) is 10.6. The molecule has 3 rings (SSSR count). The highest BCUT2D eigenvalue weighted by atomic mass is 35.5. The zero-order chi connectivity index (χ0) is 19.6. The predicted octanol–water partition coefficient (Wildman–Crippen LogP) is 4.69. The first-order valence-electron chi connectivity index (χ1n) is 7.81. The van der Waals surface area contributed by atoms with Crippen LogP contribution in [0.5, 0.6) is 0 Å². The van der Waals surface area contributed by atoms with Crippen LogP contribution < -0.4 is 5.32 Å². The zero-order valence-electron chi connectivity index (χ0n) is 14.0. The number of carbonyl (C=O) groups excluding carboxylic acids is 3. The molecule has 0 unspecified atom stereocenters. The van der Waals surface area contributed by atoms with E-state index in [1.807, 2.05) is 0 Å². The number of benzene rings is 2. The van der Waals surface area contributed by atoms with Crippen molar-refractivity contribution < 1.29 is 23.5 Å². The Hall–Kier alpha value is -2.77. The zero-order valence-corrected chi connectivity index (χ0v) is 15.6. The number of esters is 1. The van der Waals surface area contributed by atoms with Crippen molar-refractivity contribution in [2.45, 2.75) is 6.92 Å². The van der Waals surface area contributed by atoms with Gasteiger partial charge in [-0.3, -0.25) is 9.59 Å². The molecule has 5 nitrogen and oxygen atoms in total. The molecule has 0 aliphatic carbocycles. The van der Waals surface area contributed by atoms with E-state index in [9.17, 15) is 18.8 Å². The van der Waals surface area contributed by atoms with Gasteiger partial charge < -0.3 is 10.1 Å². The second kappa shape index (κ2) is 7.85. The van der Waals surface area contributed by atoms with Crippen LogP contribution in [0.4, 0.5) is 10.1 Å². The predicted molar refractivity (Wildman–Crippen MR) is 102 cm³/mol. The van der Waals surface area contributed by atoms with Crippen LogP contribution in [0.3, 0.4) is 0 Å². The molecule has 0 aliphatic rings. The minimum atomic E-state index is -0.781. The van der Waals surface area contributed by atoms with Crippen molar-refractivity contribution in [2.24, 2.45) is 0 Å². The van der Waals surface area contributed by atoms with E-state index in [-0.39, 0.29) is 15.7 Å². The van der Waals surface area contributed by atoms with E-state index in [1.165, 1.54) is 25.1 Å². The molecule has 1 heterocycles. The number of thiophene rings is 1. The molecule has 0 aliphatic heterocycles. The molecule has 0 atom stereocenters. The number of rotatable bonds is 5. The van der Waals surface area contributed by atoms with Crippen LogP contribution in [0.1, 0.15) is 27.0 Å². The standard InChI is InChI=1S/C19H13ClFNO4S/c1-10(23)12-4-2-3-5-14(12)22-16(24)9-26-19(25)18-17(20)13-7-6-11(21)8-15(13)27-18/h2-8H,9H2,1H3,(H,22,24). The van der Waals surface area contributed by atoms with Gasteiger partial charge in [0.15, 0.2) is 12.4 Å². The van der Waals surface area contributed by atoms with E-state index in [0.29, 0.717) is 21.3 Å². The van der Waals surface area contributed by atoms with Crippen LogP contribution in [0.2, 0.25) is 5.02 Å². The minimum Gasteiger partial charge on any atom is -0.451 e. The van der Waals surface area contributed by atoms with Crippen LogP contribution in [0, 0.1) is 5.82 Å². The fraction of sp³-hybridized carbons (Fsp3) is 0.105. The summed E-state index contributed by atoms with van der Waals surface area (Å²) in [5.41, 5.74) is 0.688. The van der Waals surface area contributed by atoms with Gasteiger partial charge in [0.2, 0.25) is 0 Å².